The SMILES string of the molecule is O=C1c2ccc(Br)cc2C(=O)N1CCCC(=O)N(Cc1cccnc1)C1CC1. The maximum atomic E-state index is 12.7. The van der Waals surface area contributed by atoms with Crippen molar-refractivity contribution in [3.63, 3.8) is 0 Å². The first-order valence-corrected chi connectivity index (χ1v) is 10.2. The molecule has 3 amide bonds. The number of fused-ring (bicyclic) bond motifs is 1. The lowest BCUT2D eigenvalue weighted by atomic mass is 10.1. The Hall–Kier alpha value is -2.54. The topological polar surface area (TPSA) is 70.6 Å². The van der Waals surface area contributed by atoms with Crippen LogP contribution in [0, 0.1) is 0 Å². The first kappa shape index (κ1) is 18.8. The van der Waals surface area contributed by atoms with E-state index in [9.17, 15) is 14.4 Å². The number of carbonyl (C=O) groups is 3. The van der Waals surface area contributed by atoms with E-state index < -0.39 is 0 Å². The minimum atomic E-state index is -0.289. The van der Waals surface area contributed by atoms with Gasteiger partial charge >= 0.3 is 0 Å². The van der Waals surface area contributed by atoms with Crippen molar-refractivity contribution in [2.45, 2.75) is 38.3 Å². The Bertz CT molecular complexity index is 928. The van der Waals surface area contributed by atoms with Crippen LogP contribution >= 0.6 is 15.9 Å². The molecule has 0 spiro atoms. The van der Waals surface area contributed by atoms with Crippen LogP contribution in [0.5, 0.6) is 0 Å². The molecule has 0 radical (unpaired) electrons. The summed E-state index contributed by atoms with van der Waals surface area (Å²) in [6.07, 6.45) is 6.32. The molecule has 1 aliphatic heterocycles. The Kier molecular flexibility index (Phi) is 5.26. The number of benzene rings is 1. The second kappa shape index (κ2) is 7.83. The van der Waals surface area contributed by atoms with Gasteiger partial charge in [0.15, 0.2) is 0 Å². The summed E-state index contributed by atoms with van der Waals surface area (Å²) in [6, 6.07) is 9.21. The number of hydrogen-bond donors (Lipinski definition) is 0. The third-order valence-corrected chi connectivity index (χ3v) is 5.58. The number of amides is 3. The lowest BCUT2D eigenvalue weighted by Crippen LogP contribution is -2.34. The fraction of sp³-hybridized carbons (Fsp3) is 0.333. The smallest absolute Gasteiger partial charge is 0.261 e. The van der Waals surface area contributed by atoms with Gasteiger partial charge in [0, 0.05) is 42.4 Å². The Morgan fingerprint density at radius 3 is 2.68 bits per heavy atom. The summed E-state index contributed by atoms with van der Waals surface area (Å²) in [7, 11) is 0. The van der Waals surface area contributed by atoms with Crippen molar-refractivity contribution in [1.29, 1.82) is 0 Å². The quantitative estimate of drug-likeness (QED) is 0.617. The van der Waals surface area contributed by atoms with E-state index in [4.69, 9.17) is 0 Å². The largest absolute Gasteiger partial charge is 0.335 e. The second-order valence-corrected chi connectivity index (χ2v) is 8.09. The van der Waals surface area contributed by atoms with Gasteiger partial charge in [0.05, 0.1) is 11.1 Å². The third-order valence-electron chi connectivity index (χ3n) is 5.09. The molecule has 2 heterocycles. The van der Waals surface area contributed by atoms with Crippen LogP contribution in [0.15, 0.2) is 47.2 Å². The highest BCUT2D eigenvalue weighted by Gasteiger charge is 2.36. The summed E-state index contributed by atoms with van der Waals surface area (Å²) in [5, 5.41) is 0. The van der Waals surface area contributed by atoms with Crippen LogP contribution in [0.3, 0.4) is 0 Å². The maximum Gasteiger partial charge on any atom is 0.261 e. The van der Waals surface area contributed by atoms with Crippen molar-refractivity contribution in [3.8, 4) is 0 Å². The highest BCUT2D eigenvalue weighted by atomic mass is 79.9. The molecular formula is C21H20BrN3O3. The van der Waals surface area contributed by atoms with Crippen molar-refractivity contribution in [1.82, 2.24) is 14.8 Å². The number of rotatable bonds is 7. The van der Waals surface area contributed by atoms with Crippen molar-refractivity contribution in [3.05, 3.63) is 63.9 Å². The minimum absolute atomic E-state index is 0.0608. The molecule has 7 heteroatoms. The zero-order valence-electron chi connectivity index (χ0n) is 15.3. The lowest BCUT2D eigenvalue weighted by molar-refractivity contribution is -0.132. The molecule has 144 valence electrons. The Morgan fingerprint density at radius 1 is 1.18 bits per heavy atom. The Morgan fingerprint density at radius 2 is 1.96 bits per heavy atom. The molecule has 2 aromatic rings. The first-order chi connectivity index (χ1) is 13.5. The predicted molar refractivity (Wildman–Crippen MR) is 107 cm³/mol. The van der Waals surface area contributed by atoms with Gasteiger partial charge < -0.3 is 4.90 Å². The summed E-state index contributed by atoms with van der Waals surface area (Å²) in [5.41, 5.74) is 1.85. The molecule has 0 N–H and O–H groups in total. The van der Waals surface area contributed by atoms with Gasteiger partial charge in [-0.25, -0.2) is 0 Å². The van der Waals surface area contributed by atoms with Crippen LogP contribution in [0.2, 0.25) is 0 Å². The van der Waals surface area contributed by atoms with Crippen LogP contribution in [-0.4, -0.2) is 45.1 Å². The molecule has 0 atom stereocenters. The zero-order valence-corrected chi connectivity index (χ0v) is 16.9. The van der Waals surface area contributed by atoms with E-state index >= 15 is 0 Å². The summed E-state index contributed by atoms with van der Waals surface area (Å²) >= 11 is 3.33. The summed E-state index contributed by atoms with van der Waals surface area (Å²) in [6.45, 7) is 0.805. The number of pyridine rings is 1. The van der Waals surface area contributed by atoms with Gasteiger partial charge in [-0.3, -0.25) is 24.3 Å². The van der Waals surface area contributed by atoms with E-state index in [1.54, 1.807) is 30.6 Å². The number of halogens is 1. The highest BCUT2D eigenvalue weighted by Crippen LogP contribution is 2.30. The number of imide groups is 1. The van der Waals surface area contributed by atoms with Gasteiger partial charge in [-0.15, -0.1) is 0 Å². The fourth-order valence-electron chi connectivity index (χ4n) is 3.49. The molecule has 1 aromatic carbocycles. The van der Waals surface area contributed by atoms with E-state index in [-0.39, 0.29) is 24.3 Å². The molecule has 28 heavy (non-hydrogen) atoms. The van der Waals surface area contributed by atoms with Crippen molar-refractivity contribution in [2.24, 2.45) is 0 Å². The van der Waals surface area contributed by atoms with Crippen LogP contribution in [0.1, 0.15) is 52.0 Å². The van der Waals surface area contributed by atoms with Crippen molar-refractivity contribution >= 4 is 33.7 Å². The van der Waals surface area contributed by atoms with Gasteiger partial charge in [-0.2, -0.15) is 0 Å². The number of hydrogen-bond acceptors (Lipinski definition) is 4. The molecule has 0 unspecified atom stereocenters. The average molecular weight is 442 g/mol. The van der Waals surface area contributed by atoms with Crippen LogP contribution in [-0.2, 0) is 11.3 Å². The molecule has 6 nitrogen and oxygen atoms in total. The zero-order chi connectivity index (χ0) is 19.7. The molecule has 4 rings (SSSR count). The van der Waals surface area contributed by atoms with E-state index in [1.807, 2.05) is 17.0 Å². The summed E-state index contributed by atoms with van der Waals surface area (Å²) in [4.78, 5) is 45.0. The van der Waals surface area contributed by atoms with E-state index in [0.29, 0.717) is 36.6 Å². The second-order valence-electron chi connectivity index (χ2n) is 7.17. The molecule has 2 aliphatic rings. The lowest BCUT2D eigenvalue weighted by Gasteiger charge is -2.23. The first-order valence-electron chi connectivity index (χ1n) is 9.38. The number of aromatic nitrogens is 1. The van der Waals surface area contributed by atoms with E-state index in [2.05, 4.69) is 20.9 Å². The van der Waals surface area contributed by atoms with Gasteiger partial charge in [0.1, 0.15) is 0 Å². The van der Waals surface area contributed by atoms with Gasteiger partial charge in [-0.1, -0.05) is 22.0 Å². The molecule has 1 aliphatic carbocycles. The van der Waals surface area contributed by atoms with Crippen LogP contribution in [0.25, 0.3) is 0 Å². The summed E-state index contributed by atoms with van der Waals surface area (Å²) < 4.78 is 0.764. The summed E-state index contributed by atoms with van der Waals surface area (Å²) in [5.74, 6) is -0.511. The molecule has 0 saturated heterocycles. The maximum absolute atomic E-state index is 12.7. The Labute approximate surface area is 171 Å². The van der Waals surface area contributed by atoms with E-state index in [0.717, 1.165) is 22.9 Å². The van der Waals surface area contributed by atoms with Crippen LogP contribution in [0.4, 0.5) is 0 Å². The molecular weight excluding hydrogens is 422 g/mol. The molecule has 1 aromatic heterocycles. The van der Waals surface area contributed by atoms with Gasteiger partial charge in [0.25, 0.3) is 11.8 Å². The number of nitrogens with zero attached hydrogens (tertiary/aromatic N) is 3. The monoisotopic (exact) mass is 441 g/mol. The van der Waals surface area contributed by atoms with Gasteiger partial charge in [-0.05, 0) is 49.1 Å². The Balaban J connectivity index is 1.35. The van der Waals surface area contributed by atoms with Crippen molar-refractivity contribution < 1.29 is 14.4 Å². The third kappa shape index (κ3) is 3.85. The minimum Gasteiger partial charge on any atom is -0.335 e. The normalized spacial score (nSPS) is 15.7. The van der Waals surface area contributed by atoms with Crippen molar-refractivity contribution in [2.75, 3.05) is 6.54 Å². The van der Waals surface area contributed by atoms with E-state index in [1.165, 1.54) is 4.90 Å². The average Bonchev–Trinajstić information content (AvgIpc) is 3.51. The van der Waals surface area contributed by atoms with Gasteiger partial charge in [0.2, 0.25) is 5.91 Å². The number of carbonyl (C=O) groups excluding carboxylic acids is 3. The molecule has 0 bridgehead atoms. The highest BCUT2D eigenvalue weighted by molar-refractivity contribution is 9.10. The fourth-order valence-corrected chi connectivity index (χ4v) is 3.85. The molecule has 1 fully saturated rings. The van der Waals surface area contributed by atoms with Crippen LogP contribution < -0.4 is 0 Å². The standard InChI is InChI=1S/C21H20BrN3O3/c22-15-5-8-17-18(11-15)21(28)24(20(17)27)10-2-4-19(26)25(16-6-7-16)13-14-3-1-9-23-12-14/h1,3,5,8-9,11-12,16H,2,4,6-7,10,13H2. The predicted octanol–water partition coefficient (Wildman–Crippen LogP) is 3.41. The molecule has 1 saturated carbocycles.